The van der Waals surface area contributed by atoms with Crippen molar-refractivity contribution in [3.05, 3.63) is 36.5 Å². The van der Waals surface area contributed by atoms with Crippen molar-refractivity contribution in [2.45, 2.75) is 308 Å². The van der Waals surface area contributed by atoms with Gasteiger partial charge >= 0.3 is 0 Å². The summed E-state index contributed by atoms with van der Waals surface area (Å²) in [5.41, 5.74) is 0. The first kappa shape index (κ1) is 60.5. The van der Waals surface area contributed by atoms with Crippen molar-refractivity contribution < 1.29 is 25.2 Å². The van der Waals surface area contributed by atoms with Gasteiger partial charge < -0.3 is 25.7 Å². The Morgan fingerprint density at radius 1 is 0.403 bits per heavy atom. The molecule has 0 heterocycles. The van der Waals surface area contributed by atoms with Crippen LogP contribution in [-0.4, -0.2) is 57.3 Å². The molecule has 0 aromatic heterocycles. The zero-order valence-corrected chi connectivity index (χ0v) is 41.4. The highest BCUT2D eigenvalue weighted by molar-refractivity contribution is 5.80. The Morgan fingerprint density at radius 2 is 0.710 bits per heavy atom. The molecule has 0 aliphatic rings. The monoisotopic (exact) mass is 874 g/mol. The fourth-order valence-electron chi connectivity index (χ4n) is 8.50. The number of allylic oxidation sites excluding steroid dienone is 6. The van der Waals surface area contributed by atoms with Crippen LogP contribution >= 0.6 is 0 Å². The fraction of sp³-hybridized carbons (Fsp3) is 0.875. The average Bonchev–Trinajstić information content (AvgIpc) is 3.28. The summed E-state index contributed by atoms with van der Waals surface area (Å²) in [4.78, 5) is 12.6. The Hall–Kier alpha value is -1.47. The SMILES string of the molecule is CCCCCCCCCCC/C=C\C/C=C\CCCCCCCCCCC(O)C(=O)NC(CO)C(O)C(O)CCC/C=C/CCCCCCCCCCCCCCCCCCC. The van der Waals surface area contributed by atoms with Crippen LogP contribution < -0.4 is 5.32 Å². The molecule has 62 heavy (non-hydrogen) atoms. The van der Waals surface area contributed by atoms with Crippen molar-refractivity contribution in [3.63, 3.8) is 0 Å². The number of hydrogen-bond donors (Lipinski definition) is 5. The van der Waals surface area contributed by atoms with Gasteiger partial charge in [-0.05, 0) is 70.6 Å². The second kappa shape index (κ2) is 50.5. The highest BCUT2D eigenvalue weighted by Crippen LogP contribution is 2.17. The molecule has 0 fully saturated rings. The molecule has 0 aromatic carbocycles. The molecule has 366 valence electrons. The second-order valence-electron chi connectivity index (χ2n) is 18.9. The summed E-state index contributed by atoms with van der Waals surface area (Å²) >= 11 is 0. The van der Waals surface area contributed by atoms with Crippen LogP contribution in [0.1, 0.15) is 284 Å². The maximum Gasteiger partial charge on any atom is 0.249 e. The molecular formula is C56H107NO5. The maximum atomic E-state index is 12.6. The van der Waals surface area contributed by atoms with Crippen molar-refractivity contribution in [2.75, 3.05) is 6.61 Å². The van der Waals surface area contributed by atoms with Gasteiger partial charge in [0.2, 0.25) is 5.91 Å². The summed E-state index contributed by atoms with van der Waals surface area (Å²) in [5, 5.41) is 43.9. The first-order valence-electron chi connectivity index (χ1n) is 27.4. The summed E-state index contributed by atoms with van der Waals surface area (Å²) in [6.45, 7) is 4.07. The van der Waals surface area contributed by atoms with Gasteiger partial charge in [-0.25, -0.2) is 0 Å². The molecule has 0 aliphatic carbocycles. The van der Waals surface area contributed by atoms with Gasteiger partial charge in [-0.1, -0.05) is 249 Å². The Balaban J connectivity index is 3.70. The molecule has 4 atom stereocenters. The topological polar surface area (TPSA) is 110 Å². The first-order chi connectivity index (χ1) is 30.5. The lowest BCUT2D eigenvalue weighted by molar-refractivity contribution is -0.132. The summed E-state index contributed by atoms with van der Waals surface area (Å²) in [5.74, 6) is -0.596. The molecule has 0 bridgehead atoms. The average molecular weight is 874 g/mol. The van der Waals surface area contributed by atoms with Crippen LogP contribution in [0.3, 0.4) is 0 Å². The van der Waals surface area contributed by atoms with Gasteiger partial charge in [0, 0.05) is 0 Å². The van der Waals surface area contributed by atoms with E-state index in [1.54, 1.807) is 0 Å². The smallest absolute Gasteiger partial charge is 0.249 e. The molecule has 6 heteroatoms. The lowest BCUT2D eigenvalue weighted by Crippen LogP contribution is -2.53. The zero-order valence-electron chi connectivity index (χ0n) is 41.4. The molecule has 0 saturated carbocycles. The molecule has 0 radical (unpaired) electrons. The minimum Gasteiger partial charge on any atom is -0.394 e. The van der Waals surface area contributed by atoms with Crippen LogP contribution in [0.25, 0.3) is 0 Å². The van der Waals surface area contributed by atoms with Crippen LogP contribution in [0.15, 0.2) is 36.5 Å². The molecule has 1 amide bonds. The van der Waals surface area contributed by atoms with E-state index in [1.165, 1.54) is 205 Å². The number of aliphatic hydroxyl groups is 4. The van der Waals surface area contributed by atoms with Crippen LogP contribution in [0.4, 0.5) is 0 Å². The van der Waals surface area contributed by atoms with Gasteiger partial charge in [-0.3, -0.25) is 4.79 Å². The van der Waals surface area contributed by atoms with Crippen molar-refractivity contribution in [3.8, 4) is 0 Å². The highest BCUT2D eigenvalue weighted by Gasteiger charge is 2.28. The van der Waals surface area contributed by atoms with Gasteiger partial charge in [0.1, 0.15) is 12.2 Å². The van der Waals surface area contributed by atoms with E-state index >= 15 is 0 Å². The number of rotatable bonds is 50. The Morgan fingerprint density at radius 3 is 1.06 bits per heavy atom. The molecule has 4 unspecified atom stereocenters. The van der Waals surface area contributed by atoms with E-state index in [1.807, 2.05) is 0 Å². The molecule has 5 N–H and O–H groups in total. The quantitative estimate of drug-likeness (QED) is 0.0309. The number of carbonyl (C=O) groups excluding carboxylic acids is 1. The molecule has 6 nitrogen and oxygen atoms in total. The van der Waals surface area contributed by atoms with E-state index in [9.17, 15) is 25.2 Å². The summed E-state index contributed by atoms with van der Waals surface area (Å²) in [6, 6.07) is -1.01. The summed E-state index contributed by atoms with van der Waals surface area (Å²) < 4.78 is 0. The molecule has 0 aliphatic heterocycles. The largest absolute Gasteiger partial charge is 0.394 e. The summed E-state index contributed by atoms with van der Waals surface area (Å²) in [7, 11) is 0. The second-order valence-corrected chi connectivity index (χ2v) is 18.9. The lowest BCUT2D eigenvalue weighted by Gasteiger charge is -2.27. The Labute approximate surface area is 386 Å². The minimum atomic E-state index is -1.28. The van der Waals surface area contributed by atoms with E-state index in [4.69, 9.17) is 0 Å². The third-order valence-electron chi connectivity index (χ3n) is 12.8. The van der Waals surface area contributed by atoms with Crippen LogP contribution in [0.2, 0.25) is 0 Å². The van der Waals surface area contributed by atoms with Crippen LogP contribution in [0.5, 0.6) is 0 Å². The normalized spacial score (nSPS) is 14.1. The molecule has 0 spiro atoms. The van der Waals surface area contributed by atoms with Gasteiger partial charge in [0.05, 0.1) is 18.8 Å². The Bertz CT molecular complexity index is 981. The van der Waals surface area contributed by atoms with Gasteiger partial charge in [-0.15, -0.1) is 0 Å². The fourth-order valence-corrected chi connectivity index (χ4v) is 8.50. The van der Waals surface area contributed by atoms with Gasteiger partial charge in [0.15, 0.2) is 0 Å². The molecule has 0 aromatic rings. The first-order valence-corrected chi connectivity index (χ1v) is 27.4. The van der Waals surface area contributed by atoms with E-state index in [-0.39, 0.29) is 0 Å². The van der Waals surface area contributed by atoms with Gasteiger partial charge in [-0.2, -0.15) is 0 Å². The number of amides is 1. The van der Waals surface area contributed by atoms with Crippen molar-refractivity contribution >= 4 is 5.91 Å². The molecular weight excluding hydrogens is 767 g/mol. The number of aliphatic hydroxyl groups excluding tert-OH is 4. The number of hydrogen-bond acceptors (Lipinski definition) is 5. The predicted molar refractivity (Wildman–Crippen MR) is 270 cm³/mol. The van der Waals surface area contributed by atoms with Crippen molar-refractivity contribution in [1.29, 1.82) is 0 Å². The molecule has 0 rings (SSSR count). The third-order valence-corrected chi connectivity index (χ3v) is 12.8. The van der Waals surface area contributed by atoms with Crippen LogP contribution in [0, 0.1) is 0 Å². The Kier molecular flexibility index (Phi) is 49.3. The standard InChI is InChI=1S/C56H107NO5/c1-3-5-7-9-11-13-15-17-19-21-23-25-27-28-30-32-34-36-38-40-42-44-46-48-50-54(60)56(62)57-52(51-58)55(61)53(59)49-47-45-43-41-39-37-35-33-31-29-26-24-22-20-18-16-14-12-10-8-6-4-2/h23,25,28,30,41,43,52-55,58-61H,3-22,24,26-27,29,31-40,42,44-51H2,1-2H3,(H,57,62)/b25-23-,30-28-,43-41+. The number of nitrogens with one attached hydrogen (secondary N) is 1. The lowest BCUT2D eigenvalue weighted by atomic mass is 10.00. The van der Waals surface area contributed by atoms with Crippen LogP contribution in [-0.2, 0) is 4.79 Å². The summed E-state index contributed by atoms with van der Waals surface area (Å²) in [6.07, 6.45) is 62.0. The number of carbonyl (C=O) groups is 1. The highest BCUT2D eigenvalue weighted by atomic mass is 16.3. The molecule has 0 saturated heterocycles. The van der Waals surface area contributed by atoms with Crippen molar-refractivity contribution in [2.24, 2.45) is 0 Å². The third kappa shape index (κ3) is 43.8. The minimum absolute atomic E-state index is 0.356. The van der Waals surface area contributed by atoms with Crippen molar-refractivity contribution in [1.82, 2.24) is 5.32 Å². The number of unbranched alkanes of at least 4 members (excludes halogenated alkanes) is 35. The predicted octanol–water partition coefficient (Wildman–Crippen LogP) is 15.6. The maximum absolute atomic E-state index is 12.6. The van der Waals surface area contributed by atoms with E-state index in [0.717, 1.165) is 51.4 Å². The zero-order chi connectivity index (χ0) is 45.2. The van der Waals surface area contributed by atoms with Gasteiger partial charge in [0.25, 0.3) is 0 Å². The van der Waals surface area contributed by atoms with E-state index < -0.39 is 36.9 Å². The van der Waals surface area contributed by atoms with E-state index in [2.05, 4.69) is 55.6 Å². The van der Waals surface area contributed by atoms with E-state index in [0.29, 0.717) is 12.8 Å².